The van der Waals surface area contributed by atoms with Gasteiger partial charge in [0.05, 0.1) is 31.0 Å². The minimum absolute atomic E-state index is 0.0943. The summed E-state index contributed by atoms with van der Waals surface area (Å²) in [7, 11) is 0. The van der Waals surface area contributed by atoms with E-state index in [2.05, 4.69) is 4.98 Å². The molecule has 0 N–H and O–H groups in total. The maximum atomic E-state index is 13.3. The molecule has 0 radical (unpaired) electrons. The van der Waals surface area contributed by atoms with Gasteiger partial charge in [-0.3, -0.25) is 19.5 Å². The third-order valence-corrected chi connectivity index (χ3v) is 4.65. The van der Waals surface area contributed by atoms with E-state index in [0.717, 1.165) is 0 Å². The molecule has 0 saturated carbocycles. The molecule has 2 aliphatic rings. The second-order valence-electron chi connectivity index (χ2n) is 6.35. The van der Waals surface area contributed by atoms with Gasteiger partial charge in [-0.2, -0.15) is 0 Å². The summed E-state index contributed by atoms with van der Waals surface area (Å²) in [4.78, 5) is 33.5. The molecule has 0 atom stereocenters. The largest absolute Gasteiger partial charge is 0.378 e. The van der Waals surface area contributed by atoms with Crippen molar-refractivity contribution in [2.75, 3.05) is 26.3 Å². The van der Waals surface area contributed by atoms with E-state index in [1.54, 1.807) is 18.3 Å². The number of halogens is 1. The van der Waals surface area contributed by atoms with E-state index in [1.807, 2.05) is 11.0 Å². The quantitative estimate of drug-likeness (QED) is 0.772. The molecule has 6 nitrogen and oxygen atoms in total. The van der Waals surface area contributed by atoms with Crippen molar-refractivity contribution in [1.29, 1.82) is 0 Å². The first-order valence-electron chi connectivity index (χ1n) is 8.74. The molecule has 2 aromatic rings. The number of amides is 2. The maximum Gasteiger partial charge on any atom is 0.278 e. The summed E-state index contributed by atoms with van der Waals surface area (Å²) in [6.45, 7) is 2.12. The first-order chi connectivity index (χ1) is 13.1. The number of carbonyl (C=O) groups is 2. The molecule has 1 saturated heterocycles. The van der Waals surface area contributed by atoms with Crippen LogP contribution in [-0.2, 0) is 20.9 Å². The molecule has 0 unspecified atom stereocenters. The zero-order valence-electron chi connectivity index (χ0n) is 14.6. The van der Waals surface area contributed by atoms with Gasteiger partial charge >= 0.3 is 0 Å². The summed E-state index contributed by atoms with van der Waals surface area (Å²) < 4.78 is 18.7. The van der Waals surface area contributed by atoms with E-state index >= 15 is 0 Å². The molecule has 0 spiro atoms. The highest BCUT2D eigenvalue weighted by molar-refractivity contribution is 6.35. The van der Waals surface area contributed by atoms with Crippen LogP contribution in [0, 0.1) is 5.82 Å². The Labute approximate surface area is 155 Å². The fraction of sp³-hybridized carbons (Fsp3) is 0.250. The minimum Gasteiger partial charge on any atom is -0.378 e. The van der Waals surface area contributed by atoms with Gasteiger partial charge in [0.15, 0.2) is 0 Å². The number of rotatable bonds is 4. The summed E-state index contributed by atoms with van der Waals surface area (Å²) >= 11 is 0. The Bertz CT molecular complexity index is 890. The van der Waals surface area contributed by atoms with Crippen molar-refractivity contribution >= 4 is 17.4 Å². The smallest absolute Gasteiger partial charge is 0.278 e. The Hall–Kier alpha value is -3.06. The van der Waals surface area contributed by atoms with Crippen LogP contribution in [0.15, 0.2) is 54.4 Å². The van der Waals surface area contributed by atoms with Crippen molar-refractivity contribution in [1.82, 2.24) is 14.8 Å². The van der Waals surface area contributed by atoms with Crippen LogP contribution in [0.1, 0.15) is 11.3 Å². The van der Waals surface area contributed by atoms with Crippen LogP contribution in [-0.4, -0.2) is 52.9 Å². The molecular weight excluding hydrogens is 349 g/mol. The van der Waals surface area contributed by atoms with Gasteiger partial charge in [0.1, 0.15) is 11.5 Å². The third-order valence-electron chi connectivity index (χ3n) is 4.65. The predicted octanol–water partition coefficient (Wildman–Crippen LogP) is 1.83. The maximum absolute atomic E-state index is 13.3. The van der Waals surface area contributed by atoms with E-state index in [4.69, 9.17) is 4.74 Å². The van der Waals surface area contributed by atoms with Gasteiger partial charge in [-0.25, -0.2) is 4.39 Å². The first kappa shape index (κ1) is 17.4. The van der Waals surface area contributed by atoms with Gasteiger partial charge in [0.25, 0.3) is 11.8 Å². The third kappa shape index (κ3) is 3.33. The van der Waals surface area contributed by atoms with Crippen molar-refractivity contribution in [3.8, 4) is 0 Å². The minimum atomic E-state index is -0.394. The van der Waals surface area contributed by atoms with E-state index in [-0.39, 0.29) is 12.5 Å². The van der Waals surface area contributed by atoms with E-state index in [9.17, 15) is 14.0 Å². The normalized spacial score (nSPS) is 17.8. The predicted molar refractivity (Wildman–Crippen MR) is 95.5 cm³/mol. The van der Waals surface area contributed by atoms with Crippen molar-refractivity contribution in [3.63, 3.8) is 0 Å². The van der Waals surface area contributed by atoms with Gasteiger partial charge in [0.2, 0.25) is 0 Å². The number of hydrogen-bond acceptors (Lipinski definition) is 5. The van der Waals surface area contributed by atoms with Crippen molar-refractivity contribution in [2.24, 2.45) is 0 Å². The van der Waals surface area contributed by atoms with Crippen LogP contribution >= 0.6 is 0 Å². The fourth-order valence-electron chi connectivity index (χ4n) is 3.32. The molecule has 2 aliphatic heterocycles. The Kier molecular flexibility index (Phi) is 4.68. The molecule has 3 heterocycles. The Morgan fingerprint density at radius 2 is 1.74 bits per heavy atom. The topological polar surface area (TPSA) is 62.7 Å². The van der Waals surface area contributed by atoms with Crippen molar-refractivity contribution in [2.45, 2.75) is 6.54 Å². The van der Waals surface area contributed by atoms with Gasteiger partial charge in [-0.05, 0) is 29.8 Å². The summed E-state index contributed by atoms with van der Waals surface area (Å²) in [5, 5.41) is 0. The van der Waals surface area contributed by atoms with Gasteiger partial charge < -0.3 is 9.64 Å². The van der Waals surface area contributed by atoms with Gasteiger partial charge in [-0.1, -0.05) is 18.2 Å². The van der Waals surface area contributed by atoms with E-state index < -0.39 is 11.7 Å². The summed E-state index contributed by atoms with van der Waals surface area (Å²) in [6.07, 6.45) is 1.62. The molecule has 1 aromatic heterocycles. The molecule has 4 rings (SSSR count). The number of benzene rings is 1. The zero-order chi connectivity index (χ0) is 18.8. The zero-order valence-corrected chi connectivity index (χ0v) is 14.6. The first-order valence-corrected chi connectivity index (χ1v) is 8.74. The van der Waals surface area contributed by atoms with Crippen LogP contribution in [0.25, 0.3) is 5.57 Å². The number of carbonyl (C=O) groups excluding carboxylic acids is 2. The van der Waals surface area contributed by atoms with Crippen LogP contribution in [0.5, 0.6) is 0 Å². The molecule has 27 heavy (non-hydrogen) atoms. The number of imide groups is 1. The highest BCUT2D eigenvalue weighted by Gasteiger charge is 2.41. The molecule has 138 valence electrons. The molecule has 7 heteroatoms. The lowest BCUT2D eigenvalue weighted by molar-refractivity contribution is -0.138. The van der Waals surface area contributed by atoms with Crippen molar-refractivity contribution in [3.05, 3.63) is 71.4 Å². The number of hydrogen-bond donors (Lipinski definition) is 0. The fourth-order valence-corrected chi connectivity index (χ4v) is 3.32. The highest BCUT2D eigenvalue weighted by atomic mass is 19.1. The standard InChI is InChI=1S/C20H18FN3O3/c21-15-6-4-14(5-7-15)17-18(23-9-11-27-12-10-23)20(26)24(19(17)25)13-16-3-1-2-8-22-16/h1-8H,9-13H2. The van der Waals surface area contributed by atoms with Gasteiger partial charge in [-0.15, -0.1) is 0 Å². The van der Waals surface area contributed by atoms with Crippen LogP contribution < -0.4 is 0 Å². The van der Waals surface area contributed by atoms with Crippen molar-refractivity contribution < 1.29 is 18.7 Å². The Morgan fingerprint density at radius 1 is 1.00 bits per heavy atom. The van der Waals surface area contributed by atoms with Crippen LogP contribution in [0.2, 0.25) is 0 Å². The van der Waals surface area contributed by atoms with Crippen LogP contribution in [0.4, 0.5) is 4.39 Å². The van der Waals surface area contributed by atoms with Gasteiger partial charge in [0, 0.05) is 19.3 Å². The highest BCUT2D eigenvalue weighted by Crippen LogP contribution is 2.32. The summed E-state index contributed by atoms with van der Waals surface area (Å²) in [5.41, 5.74) is 1.81. The van der Waals surface area contributed by atoms with E-state index in [0.29, 0.717) is 48.8 Å². The molecule has 0 bridgehead atoms. The number of pyridine rings is 1. The average Bonchev–Trinajstić information content (AvgIpc) is 2.95. The number of aromatic nitrogens is 1. The Morgan fingerprint density at radius 3 is 2.41 bits per heavy atom. The second-order valence-corrected chi connectivity index (χ2v) is 6.35. The molecule has 0 aliphatic carbocycles. The lowest BCUT2D eigenvalue weighted by Gasteiger charge is -2.29. The molecule has 1 fully saturated rings. The SMILES string of the molecule is O=C1C(c2ccc(F)cc2)=C(N2CCOCC2)C(=O)N1Cc1ccccn1. The van der Waals surface area contributed by atoms with E-state index in [1.165, 1.54) is 29.2 Å². The lowest BCUT2D eigenvalue weighted by atomic mass is 10.0. The molecule has 2 amide bonds. The summed E-state index contributed by atoms with van der Waals surface area (Å²) in [6, 6.07) is 11.0. The summed E-state index contributed by atoms with van der Waals surface area (Å²) in [5.74, 6) is -1.14. The van der Waals surface area contributed by atoms with Crippen LogP contribution in [0.3, 0.4) is 0 Å². The lowest BCUT2D eigenvalue weighted by Crippen LogP contribution is -2.40. The molecule has 1 aromatic carbocycles. The average molecular weight is 367 g/mol. The molecular formula is C20H18FN3O3. The Balaban J connectivity index is 1.73. The number of nitrogens with zero attached hydrogens (tertiary/aromatic N) is 3. The number of morpholine rings is 1. The second kappa shape index (κ2) is 7.28. The monoisotopic (exact) mass is 367 g/mol. The number of ether oxygens (including phenoxy) is 1.